The average Bonchev–Trinajstić information content (AvgIpc) is 2.81. The first-order valence-electron chi connectivity index (χ1n) is 7.96. The SMILES string of the molecule is CCCn1c(CC(C)C)nc2cc(CCC(=O)NO)ccc21. The molecule has 0 radical (unpaired) electrons. The van der Waals surface area contributed by atoms with Crippen molar-refractivity contribution in [3.8, 4) is 0 Å². The van der Waals surface area contributed by atoms with Crippen LogP contribution in [0.4, 0.5) is 0 Å². The molecule has 0 saturated heterocycles. The first kappa shape index (κ1) is 16.5. The second kappa shape index (κ2) is 7.40. The van der Waals surface area contributed by atoms with E-state index in [0.29, 0.717) is 12.3 Å². The largest absolute Gasteiger partial charge is 0.328 e. The van der Waals surface area contributed by atoms with Crippen molar-refractivity contribution in [1.29, 1.82) is 0 Å². The molecule has 0 bridgehead atoms. The molecule has 2 aromatic rings. The van der Waals surface area contributed by atoms with Crippen molar-refractivity contribution in [1.82, 2.24) is 15.0 Å². The van der Waals surface area contributed by atoms with Crippen molar-refractivity contribution in [2.45, 2.75) is 53.0 Å². The van der Waals surface area contributed by atoms with Crippen LogP contribution in [-0.2, 0) is 24.2 Å². The molecule has 5 nitrogen and oxygen atoms in total. The van der Waals surface area contributed by atoms with Crippen LogP contribution in [0.25, 0.3) is 11.0 Å². The van der Waals surface area contributed by atoms with Crippen molar-refractivity contribution >= 4 is 16.9 Å². The number of nitrogens with zero attached hydrogens (tertiary/aromatic N) is 2. The van der Waals surface area contributed by atoms with Gasteiger partial charge >= 0.3 is 0 Å². The molecule has 0 aliphatic carbocycles. The van der Waals surface area contributed by atoms with E-state index in [-0.39, 0.29) is 12.3 Å². The van der Waals surface area contributed by atoms with Gasteiger partial charge in [-0.25, -0.2) is 10.5 Å². The van der Waals surface area contributed by atoms with E-state index in [1.807, 2.05) is 6.07 Å². The van der Waals surface area contributed by atoms with Crippen LogP contribution in [0.15, 0.2) is 18.2 Å². The lowest BCUT2D eigenvalue weighted by molar-refractivity contribution is -0.129. The third kappa shape index (κ3) is 3.85. The highest BCUT2D eigenvalue weighted by atomic mass is 16.5. The first-order chi connectivity index (χ1) is 10.5. The highest BCUT2D eigenvalue weighted by Crippen LogP contribution is 2.21. The molecule has 2 rings (SSSR count). The van der Waals surface area contributed by atoms with Crippen LogP contribution in [0.3, 0.4) is 0 Å². The van der Waals surface area contributed by atoms with E-state index < -0.39 is 0 Å². The quantitative estimate of drug-likeness (QED) is 0.610. The van der Waals surface area contributed by atoms with Gasteiger partial charge in [-0.1, -0.05) is 26.8 Å². The fourth-order valence-corrected chi connectivity index (χ4v) is 2.69. The zero-order chi connectivity index (χ0) is 16.1. The number of amides is 1. The summed E-state index contributed by atoms with van der Waals surface area (Å²) in [6.45, 7) is 7.56. The molecule has 0 spiro atoms. The van der Waals surface area contributed by atoms with Crippen LogP contribution in [0.1, 0.15) is 45.0 Å². The zero-order valence-electron chi connectivity index (χ0n) is 13.6. The minimum absolute atomic E-state index is 0.274. The van der Waals surface area contributed by atoms with Gasteiger partial charge in [-0.3, -0.25) is 10.0 Å². The van der Waals surface area contributed by atoms with E-state index in [2.05, 4.69) is 37.5 Å². The van der Waals surface area contributed by atoms with Crippen LogP contribution in [0, 0.1) is 5.92 Å². The number of benzene rings is 1. The number of carbonyl (C=O) groups excluding carboxylic acids is 1. The van der Waals surface area contributed by atoms with E-state index in [4.69, 9.17) is 10.2 Å². The molecule has 1 aromatic carbocycles. The number of fused-ring (bicyclic) bond motifs is 1. The van der Waals surface area contributed by atoms with Gasteiger partial charge in [0.1, 0.15) is 5.82 Å². The molecule has 1 aromatic heterocycles. The number of hydrogen-bond acceptors (Lipinski definition) is 3. The Kier molecular flexibility index (Phi) is 5.55. The summed E-state index contributed by atoms with van der Waals surface area (Å²) in [7, 11) is 0. The molecule has 0 aliphatic rings. The molecular formula is C17H25N3O2. The van der Waals surface area contributed by atoms with Crippen molar-refractivity contribution in [3.05, 3.63) is 29.6 Å². The Morgan fingerprint density at radius 3 is 2.82 bits per heavy atom. The Balaban J connectivity index is 2.30. The molecule has 0 atom stereocenters. The molecule has 0 saturated carbocycles. The summed E-state index contributed by atoms with van der Waals surface area (Å²) in [6, 6.07) is 6.18. The maximum atomic E-state index is 11.1. The van der Waals surface area contributed by atoms with Crippen LogP contribution in [-0.4, -0.2) is 20.7 Å². The van der Waals surface area contributed by atoms with Gasteiger partial charge in [-0.2, -0.15) is 0 Å². The highest BCUT2D eigenvalue weighted by Gasteiger charge is 2.12. The van der Waals surface area contributed by atoms with E-state index in [9.17, 15) is 4.79 Å². The maximum absolute atomic E-state index is 11.1. The highest BCUT2D eigenvalue weighted by molar-refractivity contribution is 5.78. The first-order valence-corrected chi connectivity index (χ1v) is 7.96. The number of nitrogens with one attached hydrogen (secondary N) is 1. The molecule has 2 N–H and O–H groups in total. The minimum Gasteiger partial charge on any atom is -0.328 e. The fourth-order valence-electron chi connectivity index (χ4n) is 2.69. The smallest absolute Gasteiger partial charge is 0.243 e. The number of aromatic nitrogens is 2. The molecule has 0 unspecified atom stereocenters. The molecule has 5 heteroatoms. The Labute approximate surface area is 131 Å². The Morgan fingerprint density at radius 1 is 1.41 bits per heavy atom. The number of aryl methyl sites for hydroxylation is 2. The standard InChI is InChI=1S/C17H25N3O2/c1-4-9-20-15-7-5-13(6-8-17(21)19-22)11-14(15)18-16(20)10-12(2)3/h5,7,11-12,22H,4,6,8-10H2,1-3H3,(H,19,21). The summed E-state index contributed by atoms with van der Waals surface area (Å²) < 4.78 is 2.31. The van der Waals surface area contributed by atoms with Gasteiger partial charge < -0.3 is 4.57 Å². The number of hydroxylamine groups is 1. The van der Waals surface area contributed by atoms with E-state index in [0.717, 1.165) is 41.8 Å². The van der Waals surface area contributed by atoms with Gasteiger partial charge in [-0.05, 0) is 36.5 Å². The Morgan fingerprint density at radius 2 is 2.18 bits per heavy atom. The van der Waals surface area contributed by atoms with Gasteiger partial charge in [-0.15, -0.1) is 0 Å². The average molecular weight is 303 g/mol. The summed E-state index contributed by atoms with van der Waals surface area (Å²) >= 11 is 0. The summed E-state index contributed by atoms with van der Waals surface area (Å²) in [6.07, 6.45) is 2.92. The van der Waals surface area contributed by atoms with Gasteiger partial charge in [0.25, 0.3) is 0 Å². The number of imidazole rings is 1. The van der Waals surface area contributed by atoms with Crippen LogP contribution in [0.5, 0.6) is 0 Å². The molecule has 1 heterocycles. The number of hydrogen-bond donors (Lipinski definition) is 2. The van der Waals surface area contributed by atoms with Crippen molar-refractivity contribution in [2.24, 2.45) is 5.92 Å². The molecule has 0 aliphatic heterocycles. The van der Waals surface area contributed by atoms with Crippen LogP contribution < -0.4 is 5.48 Å². The van der Waals surface area contributed by atoms with Gasteiger partial charge in [0, 0.05) is 19.4 Å². The van der Waals surface area contributed by atoms with E-state index >= 15 is 0 Å². The summed E-state index contributed by atoms with van der Waals surface area (Å²) in [4.78, 5) is 15.9. The Hall–Kier alpha value is -1.88. The Bertz CT molecular complexity index is 647. The lowest BCUT2D eigenvalue weighted by atomic mass is 10.1. The maximum Gasteiger partial charge on any atom is 0.243 e. The normalized spacial score (nSPS) is 11.3. The zero-order valence-corrected chi connectivity index (χ0v) is 13.6. The van der Waals surface area contributed by atoms with Crippen molar-refractivity contribution in [3.63, 3.8) is 0 Å². The molecular weight excluding hydrogens is 278 g/mol. The van der Waals surface area contributed by atoms with E-state index in [1.54, 1.807) is 5.48 Å². The van der Waals surface area contributed by atoms with Gasteiger partial charge in [0.05, 0.1) is 11.0 Å². The number of rotatable bonds is 7. The molecule has 120 valence electrons. The van der Waals surface area contributed by atoms with Gasteiger partial charge in [0.2, 0.25) is 5.91 Å². The van der Waals surface area contributed by atoms with E-state index in [1.165, 1.54) is 0 Å². The second-order valence-corrected chi connectivity index (χ2v) is 6.14. The fraction of sp³-hybridized carbons (Fsp3) is 0.529. The van der Waals surface area contributed by atoms with Crippen molar-refractivity contribution < 1.29 is 10.0 Å². The molecule has 22 heavy (non-hydrogen) atoms. The van der Waals surface area contributed by atoms with Crippen LogP contribution >= 0.6 is 0 Å². The predicted molar refractivity (Wildman–Crippen MR) is 86.8 cm³/mol. The summed E-state index contributed by atoms with van der Waals surface area (Å²) in [5.41, 5.74) is 4.88. The van der Waals surface area contributed by atoms with Crippen LogP contribution in [0.2, 0.25) is 0 Å². The lowest BCUT2D eigenvalue weighted by Crippen LogP contribution is -2.18. The molecule has 1 amide bonds. The third-order valence-corrected chi connectivity index (χ3v) is 3.70. The topological polar surface area (TPSA) is 67.2 Å². The number of carbonyl (C=O) groups is 1. The lowest BCUT2D eigenvalue weighted by Gasteiger charge is -2.09. The van der Waals surface area contributed by atoms with Gasteiger partial charge in [0.15, 0.2) is 0 Å². The third-order valence-electron chi connectivity index (χ3n) is 3.70. The monoisotopic (exact) mass is 303 g/mol. The second-order valence-electron chi connectivity index (χ2n) is 6.14. The van der Waals surface area contributed by atoms with Crippen molar-refractivity contribution in [2.75, 3.05) is 0 Å². The summed E-state index contributed by atoms with van der Waals surface area (Å²) in [5.74, 6) is 1.34. The minimum atomic E-state index is -0.364. The summed E-state index contributed by atoms with van der Waals surface area (Å²) in [5, 5.41) is 8.55. The predicted octanol–water partition coefficient (Wildman–Crippen LogP) is 3.08. The molecule has 0 fully saturated rings.